The highest BCUT2D eigenvalue weighted by Gasteiger charge is 2.07. The molecule has 1 nitrogen and oxygen atoms in total. The van der Waals surface area contributed by atoms with E-state index in [1.807, 2.05) is 13.0 Å². The molecule has 0 saturated heterocycles. The second-order valence-corrected chi connectivity index (χ2v) is 5.48. The van der Waals surface area contributed by atoms with Gasteiger partial charge < -0.3 is 5.32 Å². The summed E-state index contributed by atoms with van der Waals surface area (Å²) in [5, 5.41) is 3.35. The van der Waals surface area contributed by atoms with Crippen molar-refractivity contribution in [2.75, 3.05) is 6.54 Å². The van der Waals surface area contributed by atoms with Crippen LogP contribution in [0.3, 0.4) is 0 Å². The molecule has 100 valence electrons. The Balaban J connectivity index is 2.61. The summed E-state index contributed by atoms with van der Waals surface area (Å²) < 4.78 is 26.3. The minimum absolute atomic E-state index is 0.0862. The van der Waals surface area contributed by atoms with Crippen molar-refractivity contribution in [3.05, 3.63) is 41.5 Å². The lowest BCUT2D eigenvalue weighted by molar-refractivity contribution is 0.431. The molecular formula is C15H21F2N. The largest absolute Gasteiger partial charge is 0.312 e. The lowest BCUT2D eigenvalue weighted by atomic mass is 10.1. The molecule has 0 aliphatic carbocycles. The van der Waals surface area contributed by atoms with Gasteiger partial charge >= 0.3 is 0 Å². The molecular weight excluding hydrogens is 232 g/mol. The summed E-state index contributed by atoms with van der Waals surface area (Å²) in [7, 11) is 0. The van der Waals surface area contributed by atoms with Crippen LogP contribution in [-0.4, -0.2) is 12.1 Å². The Labute approximate surface area is 108 Å². The minimum atomic E-state index is -0.543. The summed E-state index contributed by atoms with van der Waals surface area (Å²) >= 11 is 0. The average molecular weight is 253 g/mol. The van der Waals surface area contributed by atoms with Crippen LogP contribution in [0, 0.1) is 11.6 Å². The summed E-state index contributed by atoms with van der Waals surface area (Å²) in [5.74, 6) is -1.05. The highest BCUT2D eigenvalue weighted by atomic mass is 19.1. The van der Waals surface area contributed by atoms with Crippen LogP contribution in [0.25, 0.3) is 5.57 Å². The van der Waals surface area contributed by atoms with Crippen molar-refractivity contribution in [1.82, 2.24) is 5.32 Å². The molecule has 1 N–H and O–H groups in total. The molecule has 1 aromatic rings. The Morgan fingerprint density at radius 3 is 2.50 bits per heavy atom. The van der Waals surface area contributed by atoms with Crippen molar-refractivity contribution < 1.29 is 8.78 Å². The van der Waals surface area contributed by atoms with Crippen molar-refractivity contribution in [3.63, 3.8) is 0 Å². The van der Waals surface area contributed by atoms with Crippen LogP contribution in [0.15, 0.2) is 24.3 Å². The first kappa shape index (κ1) is 14.8. The van der Waals surface area contributed by atoms with E-state index in [9.17, 15) is 8.78 Å². The van der Waals surface area contributed by atoms with Gasteiger partial charge in [0.25, 0.3) is 0 Å². The van der Waals surface area contributed by atoms with E-state index < -0.39 is 11.6 Å². The number of halogens is 2. The summed E-state index contributed by atoms with van der Waals surface area (Å²) in [5.41, 5.74) is 1.39. The maximum absolute atomic E-state index is 13.5. The molecule has 0 unspecified atom stereocenters. The van der Waals surface area contributed by atoms with Gasteiger partial charge in [0.1, 0.15) is 11.6 Å². The van der Waals surface area contributed by atoms with E-state index in [4.69, 9.17) is 0 Å². The summed E-state index contributed by atoms with van der Waals surface area (Å²) in [4.78, 5) is 0. The third kappa shape index (κ3) is 4.96. The van der Waals surface area contributed by atoms with Gasteiger partial charge in [-0.05, 0) is 58.4 Å². The average Bonchev–Trinajstić information content (AvgIpc) is 2.22. The lowest BCUT2D eigenvalue weighted by Gasteiger charge is -2.19. The molecule has 0 saturated carbocycles. The first-order valence-electron chi connectivity index (χ1n) is 6.17. The Kier molecular flexibility index (Phi) is 5.03. The minimum Gasteiger partial charge on any atom is -0.312 e. The summed E-state index contributed by atoms with van der Waals surface area (Å²) in [6, 6.07) is 3.68. The van der Waals surface area contributed by atoms with Crippen LogP contribution >= 0.6 is 0 Å². The zero-order valence-corrected chi connectivity index (χ0v) is 11.5. The topological polar surface area (TPSA) is 12.0 Å². The molecule has 0 fully saturated rings. The first-order valence-corrected chi connectivity index (χ1v) is 6.17. The van der Waals surface area contributed by atoms with Gasteiger partial charge in [-0.25, -0.2) is 8.78 Å². The molecule has 1 aromatic carbocycles. The lowest BCUT2D eigenvalue weighted by Crippen LogP contribution is -2.36. The summed E-state index contributed by atoms with van der Waals surface area (Å²) in [6.07, 6.45) is 2.79. The normalized spacial score (nSPS) is 12.9. The van der Waals surface area contributed by atoms with Crippen LogP contribution in [0.4, 0.5) is 8.78 Å². The van der Waals surface area contributed by atoms with Gasteiger partial charge in [0.2, 0.25) is 0 Å². The number of benzene rings is 1. The van der Waals surface area contributed by atoms with Gasteiger partial charge in [-0.2, -0.15) is 0 Å². The van der Waals surface area contributed by atoms with Crippen LogP contribution in [0.5, 0.6) is 0 Å². The van der Waals surface area contributed by atoms with Crippen molar-refractivity contribution in [3.8, 4) is 0 Å². The third-order valence-corrected chi connectivity index (χ3v) is 2.61. The Morgan fingerprint density at radius 2 is 1.94 bits per heavy atom. The molecule has 0 radical (unpaired) electrons. The van der Waals surface area contributed by atoms with E-state index in [1.165, 1.54) is 12.1 Å². The molecule has 0 aromatic heterocycles. The Hall–Kier alpha value is -1.22. The smallest absolute Gasteiger partial charge is 0.133 e. The molecule has 3 heteroatoms. The van der Waals surface area contributed by atoms with Crippen LogP contribution in [-0.2, 0) is 0 Å². The maximum atomic E-state index is 13.5. The van der Waals surface area contributed by atoms with E-state index in [0.29, 0.717) is 5.56 Å². The SMILES string of the molecule is CC(=CCCNC(C)(C)C)c1ccc(F)cc1F. The van der Waals surface area contributed by atoms with Crippen LogP contribution < -0.4 is 5.32 Å². The van der Waals surface area contributed by atoms with Gasteiger partial charge in [-0.1, -0.05) is 6.08 Å². The maximum Gasteiger partial charge on any atom is 0.133 e. The van der Waals surface area contributed by atoms with Gasteiger partial charge in [-0.3, -0.25) is 0 Å². The fraction of sp³-hybridized carbons (Fsp3) is 0.467. The van der Waals surface area contributed by atoms with Gasteiger partial charge in [0, 0.05) is 17.2 Å². The highest BCUT2D eigenvalue weighted by molar-refractivity contribution is 5.64. The second kappa shape index (κ2) is 6.10. The summed E-state index contributed by atoms with van der Waals surface area (Å²) in [6.45, 7) is 8.98. The van der Waals surface area contributed by atoms with E-state index in [0.717, 1.165) is 24.6 Å². The van der Waals surface area contributed by atoms with Crippen molar-refractivity contribution in [2.24, 2.45) is 0 Å². The predicted octanol–water partition coefficient (Wildman–Crippen LogP) is 4.15. The van der Waals surface area contributed by atoms with Gasteiger partial charge in [0.15, 0.2) is 0 Å². The fourth-order valence-corrected chi connectivity index (χ4v) is 1.66. The second-order valence-electron chi connectivity index (χ2n) is 5.48. The third-order valence-electron chi connectivity index (χ3n) is 2.61. The van der Waals surface area contributed by atoms with E-state index in [-0.39, 0.29) is 5.54 Å². The van der Waals surface area contributed by atoms with Crippen molar-refractivity contribution >= 4 is 5.57 Å². The van der Waals surface area contributed by atoms with Crippen LogP contribution in [0.2, 0.25) is 0 Å². The first-order chi connectivity index (χ1) is 8.29. The van der Waals surface area contributed by atoms with E-state index in [1.54, 1.807) is 0 Å². The zero-order valence-electron chi connectivity index (χ0n) is 11.5. The molecule has 0 aliphatic heterocycles. The van der Waals surface area contributed by atoms with E-state index >= 15 is 0 Å². The fourth-order valence-electron chi connectivity index (χ4n) is 1.66. The molecule has 0 spiro atoms. The number of hydrogen-bond acceptors (Lipinski definition) is 1. The van der Waals surface area contributed by atoms with E-state index in [2.05, 4.69) is 26.1 Å². The van der Waals surface area contributed by atoms with Crippen molar-refractivity contribution in [1.29, 1.82) is 0 Å². The quantitative estimate of drug-likeness (QED) is 0.795. The number of hydrogen-bond donors (Lipinski definition) is 1. The number of allylic oxidation sites excluding steroid dienone is 1. The predicted molar refractivity (Wildman–Crippen MR) is 72.4 cm³/mol. The molecule has 1 rings (SSSR count). The number of nitrogens with one attached hydrogen (secondary N) is 1. The number of rotatable bonds is 4. The van der Waals surface area contributed by atoms with Crippen molar-refractivity contribution in [2.45, 2.75) is 39.7 Å². The molecule has 0 amide bonds. The van der Waals surface area contributed by atoms with Gasteiger partial charge in [-0.15, -0.1) is 0 Å². The molecule has 0 aliphatic rings. The molecule has 0 bridgehead atoms. The van der Waals surface area contributed by atoms with Crippen LogP contribution in [0.1, 0.15) is 39.7 Å². The highest BCUT2D eigenvalue weighted by Crippen LogP contribution is 2.19. The Morgan fingerprint density at radius 1 is 1.28 bits per heavy atom. The molecule has 0 atom stereocenters. The van der Waals surface area contributed by atoms with Gasteiger partial charge in [0.05, 0.1) is 0 Å². The Bertz CT molecular complexity index is 431. The monoisotopic (exact) mass is 253 g/mol. The standard InChI is InChI=1S/C15H21F2N/c1-11(6-5-9-18-15(2,3)4)13-8-7-12(16)10-14(13)17/h6-8,10,18H,5,9H2,1-4H3. The zero-order chi connectivity index (χ0) is 13.8. The molecule has 0 heterocycles. The molecule has 18 heavy (non-hydrogen) atoms.